The summed E-state index contributed by atoms with van der Waals surface area (Å²) in [6, 6.07) is 5.08. The molecule has 159 valence electrons. The van der Waals surface area contributed by atoms with E-state index in [1.165, 1.54) is 24.3 Å². The van der Waals surface area contributed by atoms with Crippen LogP contribution in [0.15, 0.2) is 24.3 Å². The summed E-state index contributed by atoms with van der Waals surface area (Å²) in [6.07, 6.45) is -1.65. The van der Waals surface area contributed by atoms with Crippen molar-refractivity contribution in [3.05, 3.63) is 40.2 Å². The molecule has 13 nitrogen and oxygen atoms in total. The van der Waals surface area contributed by atoms with Crippen LogP contribution in [0.1, 0.15) is 0 Å². The first-order valence-electron chi connectivity index (χ1n) is 7.26. The van der Waals surface area contributed by atoms with Gasteiger partial charge in [0.05, 0.1) is 6.35 Å². The molecular weight excluding hydrogens is 517 g/mol. The van der Waals surface area contributed by atoms with E-state index >= 15 is 0 Å². The predicted molar refractivity (Wildman–Crippen MR) is 96.5 cm³/mol. The van der Waals surface area contributed by atoms with E-state index in [4.69, 9.17) is 13.3 Å². The Morgan fingerprint density at radius 3 is 2.10 bits per heavy atom. The zero-order valence-electron chi connectivity index (χ0n) is 14.4. The van der Waals surface area contributed by atoms with Crippen molar-refractivity contribution in [2.45, 2.75) is 6.35 Å². The Balaban J connectivity index is 0.00000379. The fourth-order valence-electron chi connectivity index (χ4n) is 1.52. The van der Waals surface area contributed by atoms with Crippen LogP contribution in [0.3, 0.4) is 0 Å². The monoisotopic (exact) mass is 531 g/mol. The third kappa shape index (κ3) is 13.9. The fourth-order valence-corrected chi connectivity index (χ4v) is 2.00. The van der Waals surface area contributed by atoms with Crippen LogP contribution in [0.25, 0.3) is 16.0 Å². The molecule has 1 rings (SSSR count). The number of hydrogen-bond acceptors (Lipinski definition) is 9. The van der Waals surface area contributed by atoms with Gasteiger partial charge in [-0.1, -0.05) is 13.1 Å². The molecule has 1 aromatic carbocycles. The summed E-state index contributed by atoms with van der Waals surface area (Å²) in [5.41, 5.74) is 0.270. The Morgan fingerprint density at radius 1 is 1.07 bits per heavy atom. The first-order valence-corrected chi connectivity index (χ1v) is 10.1. The topological polar surface area (TPSA) is 210 Å². The fraction of sp³-hybridized carbons (Fsp3) is 0.308. The third-order valence-corrected chi connectivity index (χ3v) is 3.24. The minimum absolute atomic E-state index is 0.103. The first kappa shape index (κ1) is 27.1. The Morgan fingerprint density at radius 2 is 1.59 bits per heavy atom. The van der Waals surface area contributed by atoms with Gasteiger partial charge in [-0.3, -0.25) is 9.79 Å². The minimum atomic E-state index is -4.68. The van der Waals surface area contributed by atoms with Gasteiger partial charge in [-0.05, 0) is 24.3 Å². The number of nitrogens with zero attached hydrogens (tertiary/aromatic N) is 3. The van der Waals surface area contributed by atoms with Crippen LogP contribution in [0.5, 0.6) is 5.75 Å². The van der Waals surface area contributed by atoms with Crippen molar-refractivity contribution < 1.29 is 60.7 Å². The van der Waals surface area contributed by atoms with E-state index in [9.17, 15) is 24.1 Å². The molecule has 0 heterocycles. The number of phosphoric ester groups is 1. The van der Waals surface area contributed by atoms with E-state index in [1.54, 1.807) is 0 Å². The molecule has 0 aliphatic rings. The molecule has 0 saturated carbocycles. The molecule has 29 heavy (non-hydrogen) atoms. The number of hydrogen-bond donors (Lipinski definition) is 4. The molecule has 0 aromatic heterocycles. The van der Waals surface area contributed by atoms with Crippen molar-refractivity contribution in [3.63, 3.8) is 0 Å². The molecular formula is C13H15N4O9PSTc. The zero-order chi connectivity index (χ0) is 22.4. The van der Waals surface area contributed by atoms with Crippen LogP contribution in [0, 0.1) is 0 Å². The molecule has 0 radical (unpaired) electrons. The van der Waals surface area contributed by atoms with Crippen LogP contribution < -0.4 is 9.84 Å². The molecule has 16 heteroatoms. The molecule has 4 N–H and O–H groups in total. The molecule has 0 bridgehead atoms. The van der Waals surface area contributed by atoms with Crippen molar-refractivity contribution in [1.82, 2.24) is 0 Å². The van der Waals surface area contributed by atoms with Crippen LogP contribution in [-0.4, -0.2) is 57.8 Å². The summed E-state index contributed by atoms with van der Waals surface area (Å²) in [5, 5.41) is 22.1. The van der Waals surface area contributed by atoms with E-state index in [0.29, 0.717) is 0 Å². The van der Waals surface area contributed by atoms with Gasteiger partial charge in [0.15, 0.2) is 0 Å². The quantitative estimate of drug-likeness (QED) is 0.179. The van der Waals surface area contributed by atoms with Gasteiger partial charge in [0, 0.05) is 23.4 Å². The van der Waals surface area contributed by atoms with Gasteiger partial charge in [-0.25, -0.2) is 4.57 Å². The van der Waals surface area contributed by atoms with Gasteiger partial charge in [0.2, 0.25) is 0 Å². The maximum atomic E-state index is 11.5. The van der Waals surface area contributed by atoms with Crippen molar-refractivity contribution in [2.24, 2.45) is 0 Å². The number of aliphatic hydroxyl groups excluding tert-OH is 1. The number of carbonyl (C=O) groups excluding carboxylic acids is 3. The van der Waals surface area contributed by atoms with Crippen LogP contribution >= 0.6 is 7.82 Å². The Kier molecular flexibility index (Phi) is 13.3. The number of amides is 3. The number of rotatable bonds is 10. The second-order valence-corrected chi connectivity index (χ2v) is 6.16. The number of anilines is 1. The van der Waals surface area contributed by atoms with E-state index in [1.807, 2.05) is 0 Å². The third-order valence-electron chi connectivity index (χ3n) is 2.55. The SMILES string of the molecule is O=C(C[S-])[N-]CC(=O)[N-]CC(=O)[N-]C(O)Nc1ccc(OP(=O)(O)O)cc1.[O]=[Tc+4]. The molecule has 1 aromatic rings. The second-order valence-electron chi connectivity index (χ2n) is 4.71. The second kappa shape index (κ2) is 14.2. The summed E-state index contributed by atoms with van der Waals surface area (Å²) in [6.45, 7) is -1.16. The standard InChI is InChI=1S/C13H19N4O8PS.O.Tc/c18-10(5-15-12(20)7-27)14-6-11(19)17-13(21)16-8-1-3-9(4-2-8)25-26(22,23)24;;/h1-4,13,16,21H,5-7H2,(H6,14,15,17,18,19,20,22,23,24,27);;/q;;+4/p-4. The first-order chi connectivity index (χ1) is 13.6. The van der Waals surface area contributed by atoms with Gasteiger partial charge in [0.25, 0.3) is 0 Å². The zero-order valence-corrected chi connectivity index (χ0v) is 17.9. The predicted octanol–water partition coefficient (Wildman–Crippen LogP) is -0.0276. The molecule has 1 unspecified atom stereocenters. The van der Waals surface area contributed by atoms with Crippen molar-refractivity contribution in [3.8, 4) is 5.75 Å². The molecule has 0 aliphatic carbocycles. The number of phosphoric acid groups is 1. The van der Waals surface area contributed by atoms with Crippen LogP contribution in [-0.2, 0) is 53.9 Å². The summed E-state index contributed by atoms with van der Waals surface area (Å²) < 4.78 is 23.3. The average Bonchev–Trinajstić information content (AvgIpc) is 2.66. The van der Waals surface area contributed by atoms with Crippen molar-refractivity contribution >= 4 is 43.9 Å². The van der Waals surface area contributed by atoms with E-state index in [-0.39, 0.29) is 17.2 Å². The molecule has 1 atom stereocenters. The number of aliphatic hydroxyl groups is 1. The van der Waals surface area contributed by atoms with Gasteiger partial charge in [-0.15, -0.1) is 5.75 Å². The van der Waals surface area contributed by atoms with Gasteiger partial charge in [0.1, 0.15) is 5.75 Å². The normalized spacial score (nSPS) is 11.2. The van der Waals surface area contributed by atoms with Crippen LogP contribution in [0.4, 0.5) is 5.69 Å². The van der Waals surface area contributed by atoms with Crippen molar-refractivity contribution in [1.29, 1.82) is 0 Å². The maximum absolute atomic E-state index is 11.5. The number of nitrogens with one attached hydrogen (secondary N) is 1. The summed E-state index contributed by atoms with van der Waals surface area (Å²) >= 11 is 5.33. The summed E-state index contributed by atoms with van der Waals surface area (Å²) in [4.78, 5) is 51.0. The van der Waals surface area contributed by atoms with E-state index in [0.717, 1.165) is 18.9 Å². The Labute approximate surface area is 181 Å². The number of benzene rings is 1. The van der Waals surface area contributed by atoms with Gasteiger partial charge >= 0.3 is 30.2 Å². The molecule has 0 fully saturated rings. The summed E-state index contributed by atoms with van der Waals surface area (Å²) in [5.74, 6) is -2.71. The van der Waals surface area contributed by atoms with Crippen LogP contribution in [0.2, 0.25) is 0 Å². The van der Waals surface area contributed by atoms with E-state index < -0.39 is 45.0 Å². The number of carbonyl (C=O) groups is 3. The molecule has 0 saturated heterocycles. The Hall–Kier alpha value is -1.86. The molecule has 0 aliphatic heterocycles. The van der Waals surface area contributed by atoms with E-state index in [2.05, 4.69) is 38.4 Å². The Bertz CT molecular complexity index is 733. The molecule has 3 amide bonds. The molecule has 0 spiro atoms. The van der Waals surface area contributed by atoms with Crippen molar-refractivity contribution in [2.75, 3.05) is 24.2 Å². The summed E-state index contributed by atoms with van der Waals surface area (Å²) in [7, 11) is -4.68. The average molecular weight is 532 g/mol. The van der Waals surface area contributed by atoms with Gasteiger partial charge < -0.3 is 57.9 Å². The van der Waals surface area contributed by atoms with Gasteiger partial charge in [-0.2, -0.15) is 0 Å².